The first-order chi connectivity index (χ1) is 9.78. The standard InChI is InChI=1S/C18H32N2S/c1-7-19-18(10-8-14(9-11-18)13(2)3)16-20-15(12-21-16)17(4,5)6/h12-14,19H,7-11H2,1-6H3. The van der Waals surface area contributed by atoms with Crippen LogP contribution in [0.4, 0.5) is 0 Å². The van der Waals surface area contributed by atoms with Crippen LogP contribution < -0.4 is 5.32 Å². The van der Waals surface area contributed by atoms with Crippen LogP contribution in [0.15, 0.2) is 5.38 Å². The second-order valence-corrected chi connectivity index (χ2v) is 8.84. The van der Waals surface area contributed by atoms with Crippen LogP contribution in [0.1, 0.15) is 77.9 Å². The van der Waals surface area contributed by atoms with E-state index < -0.39 is 0 Å². The summed E-state index contributed by atoms with van der Waals surface area (Å²) in [5.41, 5.74) is 1.52. The summed E-state index contributed by atoms with van der Waals surface area (Å²) < 4.78 is 0. The highest BCUT2D eigenvalue weighted by Crippen LogP contribution is 2.43. The van der Waals surface area contributed by atoms with E-state index in [9.17, 15) is 0 Å². The van der Waals surface area contributed by atoms with E-state index in [1.54, 1.807) is 0 Å². The summed E-state index contributed by atoms with van der Waals surface area (Å²) in [5.74, 6) is 1.70. The lowest BCUT2D eigenvalue weighted by Gasteiger charge is -2.40. The molecular formula is C18H32N2S. The van der Waals surface area contributed by atoms with E-state index in [0.29, 0.717) is 0 Å². The van der Waals surface area contributed by atoms with Gasteiger partial charge >= 0.3 is 0 Å². The summed E-state index contributed by atoms with van der Waals surface area (Å²) >= 11 is 1.86. The van der Waals surface area contributed by atoms with Crippen LogP contribution in [0.3, 0.4) is 0 Å². The summed E-state index contributed by atoms with van der Waals surface area (Å²) in [5, 5.41) is 7.37. The van der Waals surface area contributed by atoms with Gasteiger partial charge in [0.25, 0.3) is 0 Å². The summed E-state index contributed by atoms with van der Waals surface area (Å²) in [6, 6.07) is 0. The quantitative estimate of drug-likeness (QED) is 0.838. The molecular weight excluding hydrogens is 276 g/mol. The Hall–Kier alpha value is -0.410. The molecule has 0 aliphatic heterocycles. The maximum absolute atomic E-state index is 5.02. The fourth-order valence-corrected chi connectivity index (χ4v) is 4.72. The van der Waals surface area contributed by atoms with Crippen LogP contribution in [-0.2, 0) is 11.0 Å². The van der Waals surface area contributed by atoms with Crippen LogP contribution in [0.25, 0.3) is 0 Å². The fourth-order valence-electron chi connectivity index (χ4n) is 3.44. The molecule has 1 saturated carbocycles. The lowest BCUT2D eigenvalue weighted by molar-refractivity contribution is 0.162. The zero-order valence-electron chi connectivity index (χ0n) is 14.6. The first-order valence-electron chi connectivity index (χ1n) is 8.50. The van der Waals surface area contributed by atoms with Crippen molar-refractivity contribution < 1.29 is 0 Å². The van der Waals surface area contributed by atoms with Gasteiger partial charge in [0, 0.05) is 10.8 Å². The smallest absolute Gasteiger partial charge is 0.113 e. The van der Waals surface area contributed by atoms with E-state index >= 15 is 0 Å². The van der Waals surface area contributed by atoms with E-state index in [4.69, 9.17) is 4.98 Å². The minimum absolute atomic E-state index is 0.133. The Kier molecular flexibility index (Phi) is 5.15. The number of thiazole rings is 1. The molecule has 0 saturated heterocycles. The van der Waals surface area contributed by atoms with Crippen LogP contribution in [0, 0.1) is 11.8 Å². The minimum atomic E-state index is 0.133. The van der Waals surface area contributed by atoms with Crippen molar-refractivity contribution in [2.75, 3.05) is 6.54 Å². The molecule has 1 fully saturated rings. The highest BCUT2D eigenvalue weighted by atomic mass is 32.1. The Labute approximate surface area is 134 Å². The molecule has 3 heteroatoms. The number of hydrogen-bond donors (Lipinski definition) is 1. The lowest BCUT2D eigenvalue weighted by Crippen LogP contribution is -2.45. The molecule has 1 aliphatic rings. The summed E-state index contributed by atoms with van der Waals surface area (Å²) in [7, 11) is 0. The van der Waals surface area contributed by atoms with Crippen molar-refractivity contribution in [3.8, 4) is 0 Å². The van der Waals surface area contributed by atoms with Crippen LogP contribution in [0.5, 0.6) is 0 Å². The van der Waals surface area contributed by atoms with Crippen molar-refractivity contribution in [3.05, 3.63) is 16.1 Å². The molecule has 0 atom stereocenters. The van der Waals surface area contributed by atoms with Crippen molar-refractivity contribution in [2.45, 2.75) is 78.2 Å². The molecule has 1 N–H and O–H groups in total. The van der Waals surface area contributed by atoms with Crippen molar-refractivity contribution >= 4 is 11.3 Å². The van der Waals surface area contributed by atoms with E-state index in [2.05, 4.69) is 52.2 Å². The SMILES string of the molecule is CCNC1(c2nc(C(C)(C)C)cs2)CCC(C(C)C)CC1. The van der Waals surface area contributed by atoms with Gasteiger partial charge in [-0.05, 0) is 44.1 Å². The van der Waals surface area contributed by atoms with Gasteiger partial charge in [0.05, 0.1) is 11.2 Å². The Balaban J connectivity index is 2.21. The van der Waals surface area contributed by atoms with Crippen molar-refractivity contribution in [2.24, 2.45) is 11.8 Å². The molecule has 0 radical (unpaired) electrons. The summed E-state index contributed by atoms with van der Waals surface area (Å²) in [6.45, 7) is 14.7. The van der Waals surface area contributed by atoms with Gasteiger partial charge in [-0.15, -0.1) is 11.3 Å². The Bertz CT molecular complexity index is 448. The number of hydrogen-bond acceptors (Lipinski definition) is 3. The first-order valence-corrected chi connectivity index (χ1v) is 9.38. The molecule has 0 amide bonds. The number of rotatable bonds is 4. The summed E-state index contributed by atoms with van der Waals surface area (Å²) in [4.78, 5) is 5.02. The highest BCUT2D eigenvalue weighted by molar-refractivity contribution is 7.09. The zero-order valence-corrected chi connectivity index (χ0v) is 15.4. The molecule has 1 aromatic rings. The van der Waals surface area contributed by atoms with E-state index in [0.717, 1.165) is 18.4 Å². The van der Waals surface area contributed by atoms with Crippen LogP contribution >= 0.6 is 11.3 Å². The van der Waals surface area contributed by atoms with Crippen LogP contribution in [-0.4, -0.2) is 11.5 Å². The van der Waals surface area contributed by atoms with Crippen molar-refractivity contribution in [1.29, 1.82) is 0 Å². The normalized spacial score (nSPS) is 27.3. The van der Waals surface area contributed by atoms with Gasteiger partial charge in [-0.25, -0.2) is 4.98 Å². The topological polar surface area (TPSA) is 24.9 Å². The molecule has 2 rings (SSSR count). The predicted molar refractivity (Wildman–Crippen MR) is 93.0 cm³/mol. The van der Waals surface area contributed by atoms with Crippen molar-refractivity contribution in [1.82, 2.24) is 10.3 Å². The van der Waals surface area contributed by atoms with Gasteiger partial charge in [-0.3, -0.25) is 0 Å². The summed E-state index contributed by atoms with van der Waals surface area (Å²) in [6.07, 6.45) is 5.13. The molecule has 1 aromatic heterocycles. The average molecular weight is 309 g/mol. The molecule has 1 aliphatic carbocycles. The first kappa shape index (κ1) is 17.0. The third kappa shape index (κ3) is 3.68. The fraction of sp³-hybridized carbons (Fsp3) is 0.833. The Morgan fingerprint density at radius 1 is 1.33 bits per heavy atom. The van der Waals surface area contributed by atoms with Gasteiger partial charge in [0.15, 0.2) is 0 Å². The largest absolute Gasteiger partial charge is 0.306 e. The molecule has 120 valence electrons. The second-order valence-electron chi connectivity index (χ2n) is 7.98. The van der Waals surface area contributed by atoms with Gasteiger partial charge < -0.3 is 5.32 Å². The highest BCUT2D eigenvalue weighted by Gasteiger charge is 2.39. The van der Waals surface area contributed by atoms with E-state index in [1.165, 1.54) is 36.4 Å². The maximum Gasteiger partial charge on any atom is 0.113 e. The van der Waals surface area contributed by atoms with Gasteiger partial charge in [-0.1, -0.05) is 41.5 Å². The van der Waals surface area contributed by atoms with Gasteiger partial charge in [0.1, 0.15) is 5.01 Å². The third-order valence-electron chi connectivity index (χ3n) is 5.02. The Morgan fingerprint density at radius 3 is 2.38 bits per heavy atom. The van der Waals surface area contributed by atoms with Crippen molar-refractivity contribution in [3.63, 3.8) is 0 Å². The molecule has 1 heterocycles. The van der Waals surface area contributed by atoms with Gasteiger partial charge in [0.2, 0.25) is 0 Å². The molecule has 0 unspecified atom stereocenters. The molecule has 0 bridgehead atoms. The predicted octanol–water partition coefficient (Wildman–Crippen LogP) is 5.09. The zero-order chi connectivity index (χ0) is 15.7. The monoisotopic (exact) mass is 308 g/mol. The number of aromatic nitrogens is 1. The molecule has 2 nitrogen and oxygen atoms in total. The minimum Gasteiger partial charge on any atom is -0.306 e. The molecule has 0 aromatic carbocycles. The third-order valence-corrected chi connectivity index (χ3v) is 6.07. The van der Waals surface area contributed by atoms with Gasteiger partial charge in [-0.2, -0.15) is 0 Å². The lowest BCUT2D eigenvalue weighted by atomic mass is 9.73. The average Bonchev–Trinajstić information content (AvgIpc) is 2.89. The second kappa shape index (κ2) is 6.37. The molecule has 21 heavy (non-hydrogen) atoms. The number of nitrogens with zero attached hydrogens (tertiary/aromatic N) is 1. The van der Waals surface area contributed by atoms with E-state index in [-0.39, 0.29) is 11.0 Å². The number of nitrogens with one attached hydrogen (secondary N) is 1. The Morgan fingerprint density at radius 2 is 1.95 bits per heavy atom. The molecule has 0 spiro atoms. The maximum atomic E-state index is 5.02. The van der Waals surface area contributed by atoms with E-state index in [1.807, 2.05) is 11.3 Å². The van der Waals surface area contributed by atoms with Crippen LogP contribution in [0.2, 0.25) is 0 Å².